The van der Waals surface area contributed by atoms with Crippen LogP contribution >= 0.6 is 11.3 Å². The molecule has 132 valence electrons. The minimum absolute atomic E-state index is 0.0738. The first-order valence-corrected chi connectivity index (χ1v) is 9.12. The van der Waals surface area contributed by atoms with Crippen LogP contribution in [0.5, 0.6) is 5.75 Å². The third-order valence-electron chi connectivity index (χ3n) is 4.19. The van der Waals surface area contributed by atoms with Crippen LogP contribution in [0.1, 0.15) is 37.4 Å². The molecule has 25 heavy (non-hydrogen) atoms. The highest BCUT2D eigenvalue weighted by Crippen LogP contribution is 2.25. The number of hydrogen-bond donors (Lipinski definition) is 1. The zero-order valence-electron chi connectivity index (χ0n) is 14.8. The van der Waals surface area contributed by atoms with Crippen LogP contribution < -0.4 is 10.1 Å². The molecule has 0 unspecified atom stereocenters. The molecule has 0 bridgehead atoms. The lowest BCUT2D eigenvalue weighted by Crippen LogP contribution is -2.30. The molecule has 5 nitrogen and oxygen atoms in total. The summed E-state index contributed by atoms with van der Waals surface area (Å²) in [4.78, 5) is 14.4. The van der Waals surface area contributed by atoms with Gasteiger partial charge in [-0.3, -0.25) is 9.69 Å². The highest BCUT2D eigenvalue weighted by Gasteiger charge is 2.16. The molecule has 0 aliphatic rings. The fourth-order valence-corrected chi connectivity index (χ4v) is 3.42. The minimum Gasteiger partial charge on any atom is -0.497 e. The Labute approximate surface area is 152 Å². The maximum absolute atomic E-state index is 12.2. The number of anilines is 1. The molecule has 2 aromatic rings. The van der Waals surface area contributed by atoms with Gasteiger partial charge < -0.3 is 10.1 Å². The van der Waals surface area contributed by atoms with Gasteiger partial charge in [0.05, 0.1) is 12.7 Å². The zero-order chi connectivity index (χ0) is 18.2. The van der Waals surface area contributed by atoms with E-state index in [0.29, 0.717) is 23.5 Å². The highest BCUT2D eigenvalue weighted by molar-refractivity contribution is 7.14. The highest BCUT2D eigenvalue weighted by atomic mass is 32.1. The van der Waals surface area contributed by atoms with E-state index in [1.54, 1.807) is 18.6 Å². The zero-order valence-corrected chi connectivity index (χ0v) is 15.6. The van der Waals surface area contributed by atoms with Crippen molar-refractivity contribution in [2.45, 2.75) is 26.3 Å². The first kappa shape index (κ1) is 19.0. The number of nitrogens with one attached hydrogen (secondary N) is 1. The number of nitrogens with zero attached hydrogens (tertiary/aromatic N) is 2. The number of rotatable bonds is 8. The lowest BCUT2D eigenvalue weighted by Gasteiger charge is -2.28. The van der Waals surface area contributed by atoms with Gasteiger partial charge in [-0.25, -0.2) is 0 Å². The van der Waals surface area contributed by atoms with Gasteiger partial charge in [0.1, 0.15) is 16.8 Å². The van der Waals surface area contributed by atoms with Crippen LogP contribution in [-0.4, -0.2) is 31.0 Å². The Morgan fingerprint density at radius 3 is 2.92 bits per heavy atom. The van der Waals surface area contributed by atoms with E-state index in [4.69, 9.17) is 10.00 Å². The third kappa shape index (κ3) is 5.05. The monoisotopic (exact) mass is 357 g/mol. The van der Waals surface area contributed by atoms with Crippen LogP contribution in [0.2, 0.25) is 0 Å². The molecule has 0 radical (unpaired) electrons. The summed E-state index contributed by atoms with van der Waals surface area (Å²) in [6.07, 6.45) is 0.380. The second kappa shape index (κ2) is 9.21. The smallest absolute Gasteiger partial charge is 0.226 e. The molecule has 1 aromatic heterocycles. The Balaban J connectivity index is 1.94. The second-order valence-electron chi connectivity index (χ2n) is 5.65. The molecule has 1 atom stereocenters. The van der Waals surface area contributed by atoms with E-state index in [-0.39, 0.29) is 11.9 Å². The Morgan fingerprint density at radius 2 is 2.24 bits per heavy atom. The Morgan fingerprint density at radius 1 is 1.44 bits per heavy atom. The van der Waals surface area contributed by atoms with E-state index < -0.39 is 0 Å². The van der Waals surface area contributed by atoms with Gasteiger partial charge in [0.15, 0.2) is 0 Å². The number of methoxy groups -OCH3 is 1. The van der Waals surface area contributed by atoms with Crippen LogP contribution in [0.3, 0.4) is 0 Å². The van der Waals surface area contributed by atoms with Crippen molar-refractivity contribution in [2.24, 2.45) is 0 Å². The summed E-state index contributed by atoms with van der Waals surface area (Å²) >= 11 is 1.37. The first-order valence-electron chi connectivity index (χ1n) is 8.24. The van der Waals surface area contributed by atoms with E-state index in [2.05, 4.69) is 36.2 Å². The molecule has 0 saturated carbocycles. The van der Waals surface area contributed by atoms with Crippen molar-refractivity contribution in [2.75, 3.05) is 25.5 Å². The maximum atomic E-state index is 12.2. The molecule has 1 amide bonds. The van der Waals surface area contributed by atoms with Crippen molar-refractivity contribution >= 4 is 22.2 Å². The van der Waals surface area contributed by atoms with Crippen molar-refractivity contribution in [1.29, 1.82) is 5.26 Å². The topological polar surface area (TPSA) is 65.4 Å². The molecule has 1 heterocycles. The average molecular weight is 357 g/mol. The number of nitriles is 1. The van der Waals surface area contributed by atoms with Crippen molar-refractivity contribution in [3.63, 3.8) is 0 Å². The number of ether oxygens (including phenoxy) is 1. The van der Waals surface area contributed by atoms with Gasteiger partial charge in [-0.2, -0.15) is 5.26 Å². The lowest BCUT2D eigenvalue weighted by molar-refractivity contribution is -0.116. The van der Waals surface area contributed by atoms with E-state index in [1.807, 2.05) is 18.2 Å². The largest absolute Gasteiger partial charge is 0.497 e. The lowest BCUT2D eigenvalue weighted by atomic mass is 10.1. The SMILES string of the molecule is CCN(CCC(=O)Nc1sccc1C#N)[C@@H](C)c1cccc(OC)c1. The molecule has 0 saturated heterocycles. The number of amides is 1. The molecule has 0 spiro atoms. The number of benzene rings is 1. The molecule has 1 N–H and O–H groups in total. The van der Waals surface area contributed by atoms with E-state index in [9.17, 15) is 4.79 Å². The van der Waals surface area contributed by atoms with E-state index in [0.717, 1.165) is 17.9 Å². The Bertz CT molecular complexity index is 751. The summed E-state index contributed by atoms with van der Waals surface area (Å²) in [7, 11) is 1.66. The summed E-state index contributed by atoms with van der Waals surface area (Å²) in [5, 5.41) is 14.3. The van der Waals surface area contributed by atoms with Crippen molar-refractivity contribution in [3.05, 3.63) is 46.8 Å². The predicted molar refractivity (Wildman–Crippen MR) is 101 cm³/mol. The first-order chi connectivity index (χ1) is 12.1. The fourth-order valence-electron chi connectivity index (χ4n) is 2.67. The fraction of sp³-hybridized carbons (Fsp3) is 0.368. The van der Waals surface area contributed by atoms with Crippen molar-refractivity contribution in [3.8, 4) is 11.8 Å². The van der Waals surface area contributed by atoms with Crippen molar-refractivity contribution in [1.82, 2.24) is 4.90 Å². The minimum atomic E-state index is -0.0738. The summed E-state index contributed by atoms with van der Waals surface area (Å²) in [5.41, 5.74) is 1.67. The number of hydrogen-bond acceptors (Lipinski definition) is 5. The second-order valence-corrected chi connectivity index (χ2v) is 6.57. The quantitative estimate of drug-likeness (QED) is 0.774. The molecular weight excluding hydrogens is 334 g/mol. The van der Waals surface area contributed by atoms with Crippen LogP contribution in [0.4, 0.5) is 5.00 Å². The van der Waals surface area contributed by atoms with Gasteiger partial charge in [-0.05, 0) is 42.6 Å². The average Bonchev–Trinajstić information content (AvgIpc) is 3.09. The summed E-state index contributed by atoms with van der Waals surface area (Å²) < 4.78 is 5.29. The standard InChI is InChI=1S/C19H23N3O2S/c1-4-22(14(2)15-6-5-7-17(12-15)24-3)10-8-18(23)21-19-16(13-20)9-11-25-19/h5-7,9,11-12,14H,4,8,10H2,1-3H3,(H,21,23)/t14-/m0/s1. The van der Waals surface area contributed by atoms with E-state index in [1.165, 1.54) is 11.3 Å². The van der Waals surface area contributed by atoms with Gasteiger partial charge in [-0.15, -0.1) is 11.3 Å². The molecule has 1 aromatic carbocycles. The maximum Gasteiger partial charge on any atom is 0.226 e. The Kier molecular flexibility index (Phi) is 6.99. The summed E-state index contributed by atoms with van der Waals surface area (Å²) in [6.45, 7) is 5.70. The molecule has 6 heteroatoms. The van der Waals surface area contributed by atoms with Crippen LogP contribution in [-0.2, 0) is 4.79 Å². The number of carbonyl (C=O) groups is 1. The van der Waals surface area contributed by atoms with Gasteiger partial charge >= 0.3 is 0 Å². The normalized spacial score (nSPS) is 11.8. The molecule has 0 aliphatic heterocycles. The number of carbonyl (C=O) groups excluding carboxylic acids is 1. The van der Waals surface area contributed by atoms with Crippen LogP contribution in [0.15, 0.2) is 35.7 Å². The summed E-state index contributed by atoms with van der Waals surface area (Å²) in [5.74, 6) is 0.759. The van der Waals surface area contributed by atoms with Crippen LogP contribution in [0.25, 0.3) is 0 Å². The molecule has 0 fully saturated rings. The summed E-state index contributed by atoms with van der Waals surface area (Å²) in [6, 6.07) is 12.0. The van der Waals surface area contributed by atoms with Crippen molar-refractivity contribution < 1.29 is 9.53 Å². The predicted octanol–water partition coefficient (Wildman–Crippen LogP) is 4.04. The molecular formula is C19H23N3O2S. The van der Waals surface area contributed by atoms with Gasteiger partial charge in [0.2, 0.25) is 5.91 Å². The molecule has 2 rings (SSSR count). The third-order valence-corrected chi connectivity index (χ3v) is 5.02. The van der Waals surface area contributed by atoms with Crippen LogP contribution in [0, 0.1) is 11.3 Å². The van der Waals surface area contributed by atoms with Gasteiger partial charge in [-0.1, -0.05) is 19.1 Å². The van der Waals surface area contributed by atoms with Gasteiger partial charge in [0, 0.05) is 19.0 Å². The Hall–Kier alpha value is -2.36. The van der Waals surface area contributed by atoms with E-state index >= 15 is 0 Å². The molecule has 0 aliphatic carbocycles. The number of thiophene rings is 1. The van der Waals surface area contributed by atoms with Gasteiger partial charge in [0.25, 0.3) is 0 Å².